The Hall–Kier alpha value is -5.10. The van der Waals surface area contributed by atoms with Crippen molar-refractivity contribution in [3.05, 3.63) is 40.9 Å². The molecule has 2 aromatic rings. The first-order valence-electron chi connectivity index (χ1n) is 18.0. The fourth-order valence-electron chi connectivity index (χ4n) is 5.24. The van der Waals surface area contributed by atoms with E-state index in [0.717, 1.165) is 16.9 Å². The molecule has 2 aliphatic rings. The van der Waals surface area contributed by atoms with Gasteiger partial charge in [-0.1, -0.05) is 17.3 Å². The molecule has 7 N–H and O–H groups in total. The van der Waals surface area contributed by atoms with Crippen LogP contribution in [0.15, 0.2) is 39.8 Å². The van der Waals surface area contributed by atoms with Gasteiger partial charge in [0.05, 0.1) is 12.1 Å². The molecule has 0 spiro atoms. The second-order valence-electron chi connectivity index (χ2n) is 16.0. The molecule has 3 atom stereocenters. The predicted molar refractivity (Wildman–Crippen MR) is 211 cm³/mol. The molecule has 1 aromatic carbocycles. The van der Waals surface area contributed by atoms with Crippen molar-refractivity contribution in [2.45, 2.75) is 96.6 Å². The molecule has 1 aromatic heterocycles. The summed E-state index contributed by atoms with van der Waals surface area (Å²) in [6.45, 7) is 15.9. The van der Waals surface area contributed by atoms with Crippen molar-refractivity contribution in [2.75, 3.05) is 38.1 Å². The van der Waals surface area contributed by atoms with Gasteiger partial charge in [-0.2, -0.15) is 13.5 Å². The Morgan fingerprint density at radius 1 is 1.09 bits per heavy atom. The first kappa shape index (κ1) is 45.6. The number of aromatic nitrogens is 1. The number of nitrogens with two attached hydrogens (primary N) is 1. The summed E-state index contributed by atoms with van der Waals surface area (Å²) in [6, 6.07) is 5.80. The SMILES string of the molecule is CC(C)(C)OC(=O)Nc1nc(/C(=N/O[C@@](C)(COc2ccc(C3CN=C(NCCN)NC3)cc2)C(=O)OC(C)(C)C)C(=O)N[C@@H]2C(=O)N(OS(=O)(=O)O)C2(C)C)cs1. The zero-order valence-corrected chi connectivity index (χ0v) is 35.3. The Morgan fingerprint density at radius 3 is 2.29 bits per heavy atom. The van der Waals surface area contributed by atoms with Crippen LogP contribution in [0.3, 0.4) is 0 Å². The van der Waals surface area contributed by atoms with Gasteiger partial charge in [-0.15, -0.1) is 15.6 Å². The molecule has 1 saturated heterocycles. The zero-order chi connectivity index (χ0) is 43.3. The van der Waals surface area contributed by atoms with Crippen LogP contribution in [0.2, 0.25) is 0 Å². The van der Waals surface area contributed by atoms with Crippen LogP contribution in [-0.4, -0.2) is 120 Å². The lowest BCUT2D eigenvalue weighted by molar-refractivity contribution is -0.218. The summed E-state index contributed by atoms with van der Waals surface area (Å²) in [5.74, 6) is -1.81. The van der Waals surface area contributed by atoms with Crippen LogP contribution in [0.1, 0.15) is 79.5 Å². The molecule has 0 bridgehead atoms. The minimum atomic E-state index is -5.08. The average Bonchev–Trinajstić information content (AvgIpc) is 3.57. The van der Waals surface area contributed by atoms with Crippen molar-refractivity contribution in [3.8, 4) is 5.75 Å². The molecule has 0 aliphatic carbocycles. The van der Waals surface area contributed by atoms with Gasteiger partial charge in [0, 0.05) is 30.9 Å². The Bertz CT molecular complexity index is 2010. The molecule has 0 saturated carbocycles. The largest absolute Gasteiger partial charge is 0.489 e. The van der Waals surface area contributed by atoms with Gasteiger partial charge in [0.2, 0.25) is 0 Å². The fourth-order valence-corrected chi connectivity index (χ4v) is 6.38. The Labute approximate surface area is 340 Å². The van der Waals surface area contributed by atoms with Gasteiger partial charge in [-0.3, -0.25) is 24.5 Å². The van der Waals surface area contributed by atoms with Crippen LogP contribution in [0, 0.1) is 0 Å². The first-order chi connectivity index (χ1) is 26.8. The maximum absolute atomic E-state index is 13.9. The number of rotatable bonds is 15. The van der Waals surface area contributed by atoms with E-state index >= 15 is 0 Å². The lowest BCUT2D eigenvalue weighted by Crippen LogP contribution is -2.76. The molecule has 0 radical (unpaired) electrons. The first-order valence-corrected chi connectivity index (χ1v) is 20.3. The number of esters is 1. The zero-order valence-electron chi connectivity index (χ0n) is 33.7. The molecule has 23 heteroatoms. The Balaban J connectivity index is 1.61. The maximum atomic E-state index is 13.9. The van der Waals surface area contributed by atoms with Crippen LogP contribution in [0.4, 0.5) is 9.93 Å². The van der Waals surface area contributed by atoms with E-state index in [0.29, 0.717) is 43.0 Å². The summed E-state index contributed by atoms with van der Waals surface area (Å²) in [6.07, 6.45) is -0.829. The number of ether oxygens (including phenoxy) is 3. The van der Waals surface area contributed by atoms with Crippen LogP contribution < -0.4 is 31.7 Å². The van der Waals surface area contributed by atoms with Crippen LogP contribution in [-0.2, 0) is 43.4 Å². The topological polar surface area (TPSA) is 284 Å². The number of hydrogen-bond acceptors (Lipinski definition) is 18. The molecule has 2 aliphatic heterocycles. The third-order valence-corrected chi connectivity index (χ3v) is 9.24. The van der Waals surface area contributed by atoms with Crippen molar-refractivity contribution in [1.82, 2.24) is 26.0 Å². The standard InChI is InChI=1S/C35H51N9O12S2/c1-32(2,3)53-28(47)35(9,19-52-22-12-10-20(11-13-22)21-16-38-29(39-17-21)37-15-14-36)55-43-24(23-18-57-30(40-23)42-31(48)54-33(4,5)6)26(45)41-25-27(46)44(34(25,7)8)56-58(49,50)51/h10-13,18,21,25H,14-17,19,36H2,1-9H3,(H,41,45)(H2,37,38,39)(H,40,42,48)(H,49,50,51)/b43-24-/t25-,35+/m1/s1. The number of carbonyl (C=O) groups is 4. The van der Waals surface area contributed by atoms with Crippen molar-refractivity contribution in [2.24, 2.45) is 15.9 Å². The maximum Gasteiger partial charge on any atom is 0.418 e. The van der Waals surface area contributed by atoms with Gasteiger partial charge in [0.15, 0.2) is 16.8 Å². The summed E-state index contributed by atoms with van der Waals surface area (Å²) in [4.78, 5) is 67.5. The lowest BCUT2D eigenvalue weighted by Gasteiger charge is -2.50. The summed E-state index contributed by atoms with van der Waals surface area (Å²) in [5.41, 5.74) is 0.547. The number of benzene rings is 1. The van der Waals surface area contributed by atoms with Gasteiger partial charge < -0.3 is 40.7 Å². The average molecular weight is 854 g/mol. The number of amides is 3. The molecule has 1 unspecified atom stereocenters. The van der Waals surface area contributed by atoms with Crippen LogP contribution in [0.25, 0.3) is 0 Å². The van der Waals surface area contributed by atoms with E-state index < -0.39 is 75.0 Å². The fraction of sp³-hybridized carbons (Fsp3) is 0.571. The minimum Gasteiger partial charge on any atom is -0.489 e. The van der Waals surface area contributed by atoms with E-state index in [1.807, 2.05) is 12.1 Å². The molecular formula is C35H51N9O12S2. The van der Waals surface area contributed by atoms with E-state index in [9.17, 15) is 27.6 Å². The number of guanidine groups is 1. The van der Waals surface area contributed by atoms with Gasteiger partial charge >= 0.3 is 22.5 Å². The van der Waals surface area contributed by atoms with E-state index in [4.69, 9.17) is 29.3 Å². The number of nitrogens with one attached hydrogen (secondary N) is 4. The number of nitrogens with zero attached hydrogens (tertiary/aromatic N) is 4. The summed E-state index contributed by atoms with van der Waals surface area (Å²) in [7, 11) is -5.08. The Kier molecular flexibility index (Phi) is 14.0. The van der Waals surface area contributed by atoms with Crippen molar-refractivity contribution in [3.63, 3.8) is 0 Å². The highest BCUT2D eigenvalue weighted by atomic mass is 32.3. The molecule has 3 amide bonds. The van der Waals surface area contributed by atoms with E-state index in [1.165, 1.54) is 26.2 Å². The van der Waals surface area contributed by atoms with E-state index in [-0.39, 0.29) is 16.7 Å². The number of thiazole rings is 1. The summed E-state index contributed by atoms with van der Waals surface area (Å²) < 4.78 is 53.1. The molecule has 320 valence electrons. The number of carbonyl (C=O) groups excluding carboxylic acids is 4. The minimum absolute atomic E-state index is 0.00118. The third-order valence-electron chi connectivity index (χ3n) is 8.15. The molecule has 1 fully saturated rings. The summed E-state index contributed by atoms with van der Waals surface area (Å²) in [5, 5.41) is 17.1. The normalized spacial score (nSPS) is 19.4. The number of oxime groups is 1. The highest BCUT2D eigenvalue weighted by molar-refractivity contribution is 7.80. The van der Waals surface area contributed by atoms with Crippen molar-refractivity contribution in [1.29, 1.82) is 0 Å². The molecule has 3 heterocycles. The quantitative estimate of drug-likeness (QED) is 0.0490. The van der Waals surface area contributed by atoms with Gasteiger partial charge in [0.1, 0.15) is 35.3 Å². The lowest BCUT2D eigenvalue weighted by atomic mass is 9.84. The van der Waals surface area contributed by atoms with Gasteiger partial charge in [0.25, 0.3) is 17.4 Å². The number of anilines is 1. The smallest absolute Gasteiger partial charge is 0.418 e. The number of β-lactam (4-membered cyclic amide) rings is 1. The van der Waals surface area contributed by atoms with E-state index in [1.54, 1.807) is 53.7 Å². The number of hydrogen-bond donors (Lipinski definition) is 6. The highest BCUT2D eigenvalue weighted by Gasteiger charge is 2.58. The Morgan fingerprint density at radius 2 is 1.74 bits per heavy atom. The molecule has 58 heavy (non-hydrogen) atoms. The monoisotopic (exact) mass is 853 g/mol. The highest BCUT2D eigenvalue weighted by Crippen LogP contribution is 2.33. The molecule has 4 rings (SSSR count). The van der Waals surface area contributed by atoms with Crippen LogP contribution in [0.5, 0.6) is 5.75 Å². The van der Waals surface area contributed by atoms with Crippen molar-refractivity contribution < 1.29 is 55.5 Å². The van der Waals surface area contributed by atoms with Crippen molar-refractivity contribution >= 4 is 62.4 Å². The number of aliphatic imine (C=N–C) groups is 1. The van der Waals surface area contributed by atoms with Gasteiger partial charge in [-0.25, -0.2) is 14.6 Å². The van der Waals surface area contributed by atoms with Crippen LogP contribution >= 0.6 is 11.3 Å². The van der Waals surface area contributed by atoms with Gasteiger partial charge in [-0.05, 0) is 80.0 Å². The predicted octanol–water partition coefficient (Wildman–Crippen LogP) is 1.82. The third kappa shape index (κ3) is 12.4. The molecular weight excluding hydrogens is 803 g/mol. The second-order valence-corrected chi connectivity index (χ2v) is 17.8. The second kappa shape index (κ2) is 17.8. The molecule has 21 nitrogen and oxygen atoms in total. The van der Waals surface area contributed by atoms with E-state index in [2.05, 4.69) is 40.7 Å². The summed E-state index contributed by atoms with van der Waals surface area (Å²) >= 11 is 0.901. The number of hydroxylamine groups is 2.